The lowest BCUT2D eigenvalue weighted by Gasteiger charge is -2.31. The zero-order valence-electron chi connectivity index (χ0n) is 19.6. The molecular weight excluding hydrogens is 484 g/mol. The van der Waals surface area contributed by atoms with Crippen molar-refractivity contribution in [3.05, 3.63) is 57.4 Å². The van der Waals surface area contributed by atoms with Crippen LogP contribution in [0, 0.1) is 0 Å². The smallest absolute Gasteiger partial charge is 0.336 e. The minimum atomic E-state index is -1.31. The number of nitrogens with two attached hydrogens (primary N) is 1. The topological polar surface area (TPSA) is 174 Å². The van der Waals surface area contributed by atoms with Gasteiger partial charge in [0.15, 0.2) is 0 Å². The number of carbonyl (C=O) groups excluding carboxylic acids is 2. The maximum absolute atomic E-state index is 12.9. The van der Waals surface area contributed by atoms with E-state index in [1.54, 1.807) is 38.1 Å². The second kappa shape index (κ2) is 14.8. The van der Waals surface area contributed by atoms with Crippen molar-refractivity contribution in [3.63, 3.8) is 0 Å². The van der Waals surface area contributed by atoms with Crippen LogP contribution in [0.4, 0.5) is 0 Å². The molecule has 5 N–H and O–H groups in total. The Morgan fingerprint density at radius 3 is 2.20 bits per heavy atom. The van der Waals surface area contributed by atoms with Crippen LogP contribution in [0.3, 0.4) is 0 Å². The van der Waals surface area contributed by atoms with Gasteiger partial charge in [0.05, 0.1) is 49.7 Å². The van der Waals surface area contributed by atoms with Crippen LogP contribution in [0.15, 0.2) is 46.8 Å². The molecule has 0 amide bonds. The number of methoxy groups -OCH3 is 1. The predicted molar refractivity (Wildman–Crippen MR) is 125 cm³/mol. The first-order chi connectivity index (χ1) is 16.6. The van der Waals surface area contributed by atoms with Gasteiger partial charge in [-0.05, 0) is 25.5 Å². The van der Waals surface area contributed by atoms with Crippen LogP contribution >= 0.6 is 11.6 Å². The first kappa shape index (κ1) is 29.6. The summed E-state index contributed by atoms with van der Waals surface area (Å²) in [5.41, 5.74) is 7.70. The van der Waals surface area contributed by atoms with Gasteiger partial charge in [-0.15, -0.1) is 0 Å². The number of esters is 2. The number of ether oxygens (including phenoxy) is 3. The lowest BCUT2D eigenvalue weighted by atomic mass is 9.80. The quantitative estimate of drug-likeness (QED) is 0.204. The lowest BCUT2D eigenvalue weighted by Crippen LogP contribution is -2.35. The number of hydrogen-bond donors (Lipinski definition) is 4. The van der Waals surface area contributed by atoms with E-state index < -0.39 is 36.2 Å². The fourth-order valence-electron chi connectivity index (χ4n) is 3.25. The third-order valence-electron chi connectivity index (χ3n) is 4.57. The Labute approximate surface area is 207 Å². The molecule has 0 aromatic heterocycles. The highest BCUT2D eigenvalue weighted by Gasteiger charge is 2.39. The van der Waals surface area contributed by atoms with Crippen molar-refractivity contribution in [2.45, 2.75) is 26.2 Å². The van der Waals surface area contributed by atoms with Gasteiger partial charge in [-0.1, -0.05) is 29.8 Å². The predicted octanol–water partition coefficient (Wildman–Crippen LogP) is 1.81. The standard InChI is InChI=1S/C20H25ClN2O5.C3H4O4/c1-4-28-20(25)18-15(11-27-10-9-22)23-12(2)16(19(24)26-3)17(18)13-7-5-6-8-14(13)21;4-2(5)1-3(6)7/h5-8,17,23H,4,9-11,22H2,1-3H3;1H2,(H,4,5)(H,6,7)/t17-;/m0./s1. The van der Waals surface area contributed by atoms with E-state index in [1.165, 1.54) is 7.11 Å². The summed E-state index contributed by atoms with van der Waals surface area (Å²) in [6.07, 6.45) is -0.806. The van der Waals surface area contributed by atoms with Gasteiger partial charge >= 0.3 is 23.9 Å². The van der Waals surface area contributed by atoms with E-state index in [1.807, 2.05) is 0 Å². The Morgan fingerprint density at radius 2 is 1.71 bits per heavy atom. The van der Waals surface area contributed by atoms with Gasteiger partial charge in [0.25, 0.3) is 0 Å². The first-order valence-corrected chi connectivity index (χ1v) is 10.9. The van der Waals surface area contributed by atoms with Gasteiger partial charge in [-0.25, -0.2) is 9.59 Å². The van der Waals surface area contributed by atoms with Gasteiger partial charge in [0.2, 0.25) is 0 Å². The third kappa shape index (κ3) is 8.71. The van der Waals surface area contributed by atoms with Gasteiger partial charge in [0, 0.05) is 17.3 Å². The number of carboxylic acid groups (broad SMARTS) is 2. The summed E-state index contributed by atoms with van der Waals surface area (Å²) in [5.74, 6) is -4.49. The van der Waals surface area contributed by atoms with E-state index in [4.69, 9.17) is 41.8 Å². The number of nitrogens with one attached hydrogen (secondary N) is 1. The average Bonchev–Trinajstić information content (AvgIpc) is 2.78. The highest BCUT2D eigenvalue weighted by atomic mass is 35.5. The minimum Gasteiger partial charge on any atom is -0.481 e. The minimum absolute atomic E-state index is 0.109. The van der Waals surface area contributed by atoms with E-state index in [2.05, 4.69) is 5.32 Å². The van der Waals surface area contributed by atoms with Crippen molar-refractivity contribution in [1.29, 1.82) is 0 Å². The Bertz CT molecular complexity index is 992. The van der Waals surface area contributed by atoms with Crippen molar-refractivity contribution in [2.75, 3.05) is 33.5 Å². The largest absolute Gasteiger partial charge is 0.481 e. The van der Waals surface area contributed by atoms with Crippen molar-refractivity contribution in [2.24, 2.45) is 5.73 Å². The summed E-state index contributed by atoms with van der Waals surface area (Å²) in [6, 6.07) is 7.05. The Kier molecular flexibility index (Phi) is 12.5. The molecule has 1 aliphatic heterocycles. The number of hydrogen-bond acceptors (Lipinski definition) is 9. The van der Waals surface area contributed by atoms with Gasteiger partial charge in [-0.2, -0.15) is 0 Å². The van der Waals surface area contributed by atoms with E-state index in [0.717, 1.165) is 0 Å². The maximum Gasteiger partial charge on any atom is 0.336 e. The number of halogens is 1. The molecule has 192 valence electrons. The Morgan fingerprint density at radius 1 is 1.09 bits per heavy atom. The molecule has 35 heavy (non-hydrogen) atoms. The fraction of sp³-hybridized carbons (Fsp3) is 0.391. The molecule has 0 saturated heterocycles. The molecular formula is C23H29ClN2O9. The van der Waals surface area contributed by atoms with Gasteiger partial charge in [-0.3, -0.25) is 9.59 Å². The molecule has 1 aromatic carbocycles. The van der Waals surface area contributed by atoms with Crippen molar-refractivity contribution in [3.8, 4) is 0 Å². The molecule has 1 aliphatic rings. The summed E-state index contributed by atoms with van der Waals surface area (Å²) in [6.45, 7) is 4.42. The summed E-state index contributed by atoms with van der Waals surface area (Å²) >= 11 is 6.42. The van der Waals surface area contributed by atoms with E-state index in [0.29, 0.717) is 40.7 Å². The zero-order valence-corrected chi connectivity index (χ0v) is 20.4. The molecule has 11 nitrogen and oxygen atoms in total. The summed E-state index contributed by atoms with van der Waals surface area (Å²) < 4.78 is 15.8. The first-order valence-electron chi connectivity index (χ1n) is 10.5. The van der Waals surface area contributed by atoms with Crippen LogP contribution in [0.2, 0.25) is 5.02 Å². The number of allylic oxidation sites excluding steroid dienone is 1. The third-order valence-corrected chi connectivity index (χ3v) is 4.92. The molecule has 0 unspecified atom stereocenters. The number of carbonyl (C=O) groups is 4. The number of dihydropyridines is 1. The van der Waals surface area contributed by atoms with Crippen molar-refractivity contribution >= 4 is 35.5 Å². The Balaban J connectivity index is 0.000000762. The molecule has 1 atom stereocenters. The zero-order chi connectivity index (χ0) is 26.5. The summed E-state index contributed by atoms with van der Waals surface area (Å²) in [7, 11) is 1.29. The van der Waals surface area contributed by atoms with Gasteiger partial charge < -0.3 is 35.5 Å². The van der Waals surface area contributed by atoms with E-state index in [9.17, 15) is 19.2 Å². The SMILES string of the molecule is CCOC(=O)C1=C(COCCN)NC(C)=C(C(=O)OC)[C@@H]1c1ccccc1Cl.O=C(O)CC(=O)O. The molecule has 1 aromatic rings. The van der Waals surface area contributed by atoms with Gasteiger partial charge in [0.1, 0.15) is 6.42 Å². The van der Waals surface area contributed by atoms with Crippen LogP contribution < -0.4 is 11.1 Å². The Hall–Kier alpha value is -3.41. The number of carboxylic acids is 2. The molecule has 0 aliphatic carbocycles. The normalized spacial score (nSPS) is 14.9. The highest BCUT2D eigenvalue weighted by molar-refractivity contribution is 6.31. The number of benzene rings is 1. The fourth-order valence-corrected chi connectivity index (χ4v) is 3.49. The lowest BCUT2D eigenvalue weighted by molar-refractivity contribution is -0.147. The molecule has 0 fully saturated rings. The molecule has 1 heterocycles. The molecule has 12 heteroatoms. The number of rotatable bonds is 10. The molecule has 0 spiro atoms. The summed E-state index contributed by atoms with van der Waals surface area (Å²) in [4.78, 5) is 44.3. The van der Waals surface area contributed by atoms with Crippen LogP contribution in [-0.2, 0) is 33.4 Å². The molecule has 2 rings (SSSR count). The highest BCUT2D eigenvalue weighted by Crippen LogP contribution is 2.41. The number of aliphatic carboxylic acids is 2. The van der Waals surface area contributed by atoms with Crippen molar-refractivity contribution in [1.82, 2.24) is 5.32 Å². The molecule has 0 radical (unpaired) electrons. The second-order valence-electron chi connectivity index (χ2n) is 7.03. The van der Waals surface area contributed by atoms with Crippen LogP contribution in [0.25, 0.3) is 0 Å². The van der Waals surface area contributed by atoms with E-state index >= 15 is 0 Å². The van der Waals surface area contributed by atoms with Crippen LogP contribution in [0.5, 0.6) is 0 Å². The average molecular weight is 513 g/mol. The van der Waals surface area contributed by atoms with Crippen molar-refractivity contribution < 1.29 is 43.6 Å². The monoisotopic (exact) mass is 512 g/mol. The maximum atomic E-state index is 12.9. The molecule has 0 bridgehead atoms. The molecule has 0 saturated carbocycles. The van der Waals surface area contributed by atoms with Crippen LogP contribution in [-0.4, -0.2) is 67.6 Å². The second-order valence-corrected chi connectivity index (χ2v) is 7.44. The van der Waals surface area contributed by atoms with Crippen LogP contribution in [0.1, 0.15) is 31.7 Å². The van der Waals surface area contributed by atoms with E-state index in [-0.39, 0.29) is 18.8 Å². The summed E-state index contributed by atoms with van der Waals surface area (Å²) in [5, 5.41) is 18.9.